The van der Waals surface area contributed by atoms with E-state index in [4.69, 9.17) is 17.3 Å². The summed E-state index contributed by atoms with van der Waals surface area (Å²) in [6, 6.07) is 11.1. The van der Waals surface area contributed by atoms with E-state index in [2.05, 4.69) is 19.9 Å². The number of H-pyrrole nitrogens is 1. The van der Waals surface area contributed by atoms with Gasteiger partial charge in [0.25, 0.3) is 5.56 Å². The normalized spacial score (nSPS) is 14.2. The number of halogens is 1. The van der Waals surface area contributed by atoms with Crippen molar-refractivity contribution < 1.29 is 0 Å². The van der Waals surface area contributed by atoms with Gasteiger partial charge in [-0.3, -0.25) is 9.69 Å². The minimum absolute atomic E-state index is 0.0826. The van der Waals surface area contributed by atoms with Crippen LogP contribution in [0.2, 0.25) is 5.15 Å². The molecule has 1 aromatic carbocycles. The second-order valence-electron chi connectivity index (χ2n) is 6.41. The Labute approximate surface area is 155 Å². The Morgan fingerprint density at radius 2 is 2.00 bits per heavy atom. The number of aromatic amines is 1. The largest absolute Gasteiger partial charge is 0.399 e. The zero-order chi connectivity index (χ0) is 18.1. The third-order valence-electron chi connectivity index (χ3n) is 4.53. The first-order valence-electron chi connectivity index (χ1n) is 8.39. The Hall–Kier alpha value is -2.70. The maximum atomic E-state index is 12.6. The minimum Gasteiger partial charge on any atom is -0.399 e. The van der Waals surface area contributed by atoms with Crippen LogP contribution in [0.1, 0.15) is 16.8 Å². The van der Waals surface area contributed by atoms with Crippen LogP contribution in [0, 0.1) is 0 Å². The molecule has 0 atom stereocenters. The third-order valence-corrected chi connectivity index (χ3v) is 4.75. The Morgan fingerprint density at radius 1 is 1.19 bits per heavy atom. The predicted molar refractivity (Wildman–Crippen MR) is 102 cm³/mol. The van der Waals surface area contributed by atoms with Crippen molar-refractivity contribution in [1.82, 2.24) is 19.9 Å². The zero-order valence-corrected chi connectivity index (χ0v) is 14.8. The van der Waals surface area contributed by atoms with Gasteiger partial charge in [-0.2, -0.15) is 0 Å². The molecule has 3 N–H and O–H groups in total. The first-order valence-corrected chi connectivity index (χ1v) is 8.77. The number of anilines is 1. The van der Waals surface area contributed by atoms with Crippen LogP contribution in [0.4, 0.5) is 5.69 Å². The topological polar surface area (TPSA) is 87.9 Å². The number of nitrogen functional groups attached to an aromatic ring is 1. The molecule has 6 nitrogen and oxygen atoms in total. The molecular formula is C19H18ClN5O. The fourth-order valence-corrected chi connectivity index (χ4v) is 3.26. The van der Waals surface area contributed by atoms with E-state index in [1.54, 1.807) is 24.4 Å². The van der Waals surface area contributed by atoms with Crippen LogP contribution in [0.3, 0.4) is 0 Å². The number of nitrogens with two attached hydrogens (primary N) is 1. The van der Waals surface area contributed by atoms with Crippen LogP contribution in [0.25, 0.3) is 11.4 Å². The van der Waals surface area contributed by atoms with Gasteiger partial charge in [-0.25, -0.2) is 9.97 Å². The van der Waals surface area contributed by atoms with Gasteiger partial charge in [0, 0.05) is 43.5 Å². The molecule has 3 heterocycles. The summed E-state index contributed by atoms with van der Waals surface area (Å²) in [6.07, 6.45) is 2.51. The molecule has 3 aromatic rings. The first kappa shape index (κ1) is 16.8. The van der Waals surface area contributed by atoms with Gasteiger partial charge in [0.15, 0.2) is 0 Å². The number of aromatic nitrogens is 3. The second kappa shape index (κ2) is 6.90. The van der Waals surface area contributed by atoms with Crippen molar-refractivity contribution in [2.75, 3.05) is 12.3 Å². The SMILES string of the molecule is Nc1ccc(-c2nc3c(c(=O)[nH]2)CN(Cc2ccc(Cl)nc2)CC3)cc1. The molecule has 26 heavy (non-hydrogen) atoms. The lowest BCUT2D eigenvalue weighted by Gasteiger charge is -2.27. The lowest BCUT2D eigenvalue weighted by atomic mass is 10.1. The Bertz CT molecular complexity index is 982. The molecule has 0 fully saturated rings. The number of pyridine rings is 1. The molecule has 0 radical (unpaired) electrons. The molecule has 1 aliphatic rings. The van der Waals surface area contributed by atoms with Gasteiger partial charge >= 0.3 is 0 Å². The highest BCUT2D eigenvalue weighted by Crippen LogP contribution is 2.20. The van der Waals surface area contributed by atoms with Crippen molar-refractivity contribution >= 4 is 17.3 Å². The van der Waals surface area contributed by atoms with E-state index in [0.717, 1.165) is 41.9 Å². The first-order chi connectivity index (χ1) is 12.6. The molecule has 0 spiro atoms. The summed E-state index contributed by atoms with van der Waals surface area (Å²) in [7, 11) is 0. The average molecular weight is 368 g/mol. The summed E-state index contributed by atoms with van der Waals surface area (Å²) in [4.78, 5) is 26.5. The highest BCUT2D eigenvalue weighted by atomic mass is 35.5. The summed E-state index contributed by atoms with van der Waals surface area (Å²) >= 11 is 5.83. The number of rotatable bonds is 3. The molecule has 2 aromatic heterocycles. The summed E-state index contributed by atoms with van der Waals surface area (Å²) < 4.78 is 0. The Kier molecular flexibility index (Phi) is 4.44. The molecule has 7 heteroatoms. The molecule has 0 saturated carbocycles. The van der Waals surface area contributed by atoms with E-state index in [1.807, 2.05) is 18.2 Å². The van der Waals surface area contributed by atoms with Gasteiger partial charge in [0.05, 0.1) is 11.3 Å². The van der Waals surface area contributed by atoms with Gasteiger partial charge in [0.2, 0.25) is 0 Å². The van der Waals surface area contributed by atoms with E-state index in [1.165, 1.54) is 0 Å². The smallest absolute Gasteiger partial charge is 0.255 e. The second-order valence-corrected chi connectivity index (χ2v) is 6.80. The van der Waals surface area contributed by atoms with Crippen LogP contribution < -0.4 is 11.3 Å². The van der Waals surface area contributed by atoms with Crippen molar-refractivity contribution in [2.24, 2.45) is 0 Å². The fraction of sp³-hybridized carbons (Fsp3) is 0.211. The highest BCUT2D eigenvalue weighted by molar-refractivity contribution is 6.29. The van der Waals surface area contributed by atoms with Crippen molar-refractivity contribution in [3.05, 3.63) is 74.9 Å². The van der Waals surface area contributed by atoms with Crippen LogP contribution in [0.15, 0.2) is 47.4 Å². The number of nitrogens with zero attached hydrogens (tertiary/aromatic N) is 3. The van der Waals surface area contributed by atoms with E-state index < -0.39 is 0 Å². The van der Waals surface area contributed by atoms with E-state index in [0.29, 0.717) is 23.2 Å². The van der Waals surface area contributed by atoms with E-state index in [9.17, 15) is 4.79 Å². The van der Waals surface area contributed by atoms with Crippen LogP contribution in [-0.4, -0.2) is 26.4 Å². The maximum absolute atomic E-state index is 12.6. The van der Waals surface area contributed by atoms with E-state index >= 15 is 0 Å². The van der Waals surface area contributed by atoms with Gasteiger partial charge in [-0.15, -0.1) is 0 Å². The van der Waals surface area contributed by atoms with Crippen molar-refractivity contribution in [3.63, 3.8) is 0 Å². The van der Waals surface area contributed by atoms with E-state index in [-0.39, 0.29) is 5.56 Å². The van der Waals surface area contributed by atoms with Crippen LogP contribution >= 0.6 is 11.6 Å². The molecule has 0 aliphatic carbocycles. The Morgan fingerprint density at radius 3 is 2.73 bits per heavy atom. The maximum Gasteiger partial charge on any atom is 0.255 e. The Balaban J connectivity index is 1.57. The minimum atomic E-state index is -0.0826. The summed E-state index contributed by atoms with van der Waals surface area (Å²) in [5.41, 5.74) is 9.85. The summed E-state index contributed by atoms with van der Waals surface area (Å²) in [6.45, 7) is 2.14. The monoisotopic (exact) mass is 367 g/mol. The third kappa shape index (κ3) is 3.47. The van der Waals surface area contributed by atoms with Crippen molar-refractivity contribution in [2.45, 2.75) is 19.5 Å². The van der Waals surface area contributed by atoms with Crippen molar-refractivity contribution in [3.8, 4) is 11.4 Å². The van der Waals surface area contributed by atoms with Gasteiger partial charge in [0.1, 0.15) is 11.0 Å². The summed E-state index contributed by atoms with van der Waals surface area (Å²) in [5.74, 6) is 0.587. The quantitative estimate of drug-likeness (QED) is 0.548. The van der Waals surface area contributed by atoms with Gasteiger partial charge in [-0.05, 0) is 35.9 Å². The highest BCUT2D eigenvalue weighted by Gasteiger charge is 2.21. The molecule has 0 amide bonds. The molecule has 0 unspecified atom stereocenters. The standard InChI is InChI=1S/C19H18ClN5O/c20-17-6-1-12(9-22-17)10-25-8-7-16-15(11-25)19(26)24-18(23-16)13-2-4-14(21)5-3-13/h1-6,9H,7-8,10-11,21H2,(H,23,24,26). The number of benzene rings is 1. The molecule has 132 valence electrons. The van der Waals surface area contributed by atoms with Crippen LogP contribution in [-0.2, 0) is 19.5 Å². The van der Waals surface area contributed by atoms with Gasteiger partial charge < -0.3 is 10.7 Å². The number of hydrogen-bond donors (Lipinski definition) is 2. The van der Waals surface area contributed by atoms with Crippen LogP contribution in [0.5, 0.6) is 0 Å². The molecule has 0 bridgehead atoms. The lowest BCUT2D eigenvalue weighted by Crippen LogP contribution is -2.35. The molecule has 1 aliphatic heterocycles. The predicted octanol–water partition coefficient (Wildman–Crippen LogP) is 2.63. The van der Waals surface area contributed by atoms with Crippen molar-refractivity contribution in [1.29, 1.82) is 0 Å². The number of hydrogen-bond acceptors (Lipinski definition) is 5. The average Bonchev–Trinajstić information content (AvgIpc) is 2.64. The zero-order valence-electron chi connectivity index (χ0n) is 14.1. The fourth-order valence-electron chi connectivity index (χ4n) is 3.15. The molecule has 4 rings (SSSR count). The van der Waals surface area contributed by atoms with Gasteiger partial charge in [-0.1, -0.05) is 17.7 Å². The summed E-state index contributed by atoms with van der Waals surface area (Å²) in [5, 5.41) is 0.480. The number of fused-ring (bicyclic) bond motifs is 1. The molecular weight excluding hydrogens is 350 g/mol. The number of nitrogens with one attached hydrogen (secondary N) is 1. The molecule has 0 saturated heterocycles. The lowest BCUT2D eigenvalue weighted by molar-refractivity contribution is 0.241.